The molecule has 0 aliphatic heterocycles. The molecule has 0 atom stereocenters. The van der Waals surface area contributed by atoms with E-state index in [4.69, 9.17) is 0 Å². The summed E-state index contributed by atoms with van der Waals surface area (Å²) in [5.74, 6) is 0.170. The maximum Gasteiger partial charge on any atom is 0.342 e. The van der Waals surface area contributed by atoms with Crippen LogP contribution in [-0.4, -0.2) is 21.2 Å². The third-order valence-corrected chi connectivity index (χ3v) is 4.01. The largest absolute Gasteiger partial charge is 0.360 e. The lowest BCUT2D eigenvalue weighted by Gasteiger charge is -2.04. The zero-order valence-electron chi connectivity index (χ0n) is 9.84. The molecule has 88 valence electrons. The molecule has 0 unspecified atom stereocenters. The molecule has 0 spiro atoms. The van der Waals surface area contributed by atoms with Crippen molar-refractivity contribution in [3.05, 3.63) is 20.8 Å². The molecule has 2 rings (SSSR count). The van der Waals surface area contributed by atoms with Gasteiger partial charge in [0.25, 0.3) is 5.56 Å². The van der Waals surface area contributed by atoms with Crippen molar-refractivity contribution in [2.75, 3.05) is 5.32 Å². The maximum atomic E-state index is 11.4. The minimum Gasteiger partial charge on any atom is -0.360 e. The molecular formula is C10H16N4O2. The van der Waals surface area contributed by atoms with Gasteiger partial charge in [-0.1, -0.05) is 27.7 Å². The predicted molar refractivity (Wildman–Crippen MR) is 60.5 cm³/mol. The Morgan fingerprint density at radius 1 is 1.19 bits per heavy atom. The predicted octanol–water partition coefficient (Wildman–Crippen LogP) is 0.305. The summed E-state index contributed by atoms with van der Waals surface area (Å²) in [4.78, 5) is 24.4. The van der Waals surface area contributed by atoms with Gasteiger partial charge in [0.1, 0.15) is 0 Å². The molecule has 6 heteroatoms. The molecule has 1 aromatic heterocycles. The minimum atomic E-state index is -0.593. The molecule has 1 aliphatic carbocycles. The van der Waals surface area contributed by atoms with Crippen LogP contribution < -0.4 is 16.6 Å². The lowest BCUT2D eigenvalue weighted by molar-refractivity contribution is 0.457. The lowest BCUT2D eigenvalue weighted by atomic mass is 10.0. The Morgan fingerprint density at radius 2 is 1.75 bits per heavy atom. The van der Waals surface area contributed by atoms with Crippen molar-refractivity contribution < 1.29 is 0 Å². The zero-order valence-corrected chi connectivity index (χ0v) is 9.84. The van der Waals surface area contributed by atoms with Crippen molar-refractivity contribution >= 4 is 5.82 Å². The molecule has 16 heavy (non-hydrogen) atoms. The van der Waals surface area contributed by atoms with E-state index in [9.17, 15) is 9.59 Å². The first-order valence-electron chi connectivity index (χ1n) is 5.22. The van der Waals surface area contributed by atoms with Crippen LogP contribution in [0, 0.1) is 10.8 Å². The third kappa shape index (κ3) is 1.36. The Labute approximate surface area is 92.5 Å². The smallest absolute Gasteiger partial charge is 0.342 e. The summed E-state index contributed by atoms with van der Waals surface area (Å²) in [5.41, 5.74) is -0.860. The Morgan fingerprint density at radius 3 is 2.19 bits per heavy atom. The fourth-order valence-corrected chi connectivity index (χ4v) is 2.14. The van der Waals surface area contributed by atoms with Gasteiger partial charge in [-0.3, -0.25) is 9.78 Å². The molecule has 0 bridgehead atoms. The van der Waals surface area contributed by atoms with E-state index < -0.39 is 11.2 Å². The number of aromatic amines is 2. The van der Waals surface area contributed by atoms with Crippen LogP contribution in [0.3, 0.4) is 0 Å². The molecule has 3 N–H and O–H groups in total. The second kappa shape index (κ2) is 2.96. The number of aromatic nitrogens is 3. The highest BCUT2D eigenvalue weighted by molar-refractivity contribution is 5.38. The number of anilines is 1. The molecule has 0 amide bonds. The monoisotopic (exact) mass is 224 g/mol. The molecule has 0 aromatic carbocycles. The zero-order chi connectivity index (χ0) is 12.1. The molecule has 0 saturated heterocycles. The second-order valence-corrected chi connectivity index (χ2v) is 5.38. The summed E-state index contributed by atoms with van der Waals surface area (Å²) in [7, 11) is 0. The lowest BCUT2D eigenvalue weighted by Crippen LogP contribution is -2.28. The first-order valence-corrected chi connectivity index (χ1v) is 5.22. The number of H-pyrrole nitrogens is 2. The van der Waals surface area contributed by atoms with Crippen LogP contribution in [-0.2, 0) is 0 Å². The van der Waals surface area contributed by atoms with Gasteiger partial charge in [-0.15, -0.1) is 5.10 Å². The summed E-state index contributed by atoms with van der Waals surface area (Å²) in [5, 5.41) is 8.97. The average molecular weight is 224 g/mol. The van der Waals surface area contributed by atoms with Gasteiger partial charge < -0.3 is 5.32 Å². The van der Waals surface area contributed by atoms with E-state index in [2.05, 4.69) is 48.2 Å². The van der Waals surface area contributed by atoms with Crippen molar-refractivity contribution in [1.29, 1.82) is 0 Å². The number of hydrogen-bond acceptors (Lipinski definition) is 4. The summed E-state index contributed by atoms with van der Waals surface area (Å²) >= 11 is 0. The van der Waals surface area contributed by atoms with Crippen molar-refractivity contribution in [3.8, 4) is 0 Å². The summed E-state index contributed by atoms with van der Waals surface area (Å²) < 4.78 is 0. The molecule has 1 aromatic rings. The van der Waals surface area contributed by atoms with E-state index in [0.29, 0.717) is 0 Å². The molecule has 0 radical (unpaired) electrons. The van der Waals surface area contributed by atoms with Crippen LogP contribution in [0.4, 0.5) is 5.82 Å². The van der Waals surface area contributed by atoms with E-state index in [0.717, 1.165) is 0 Å². The highest BCUT2D eigenvalue weighted by atomic mass is 16.2. The van der Waals surface area contributed by atoms with Crippen LogP contribution in [0.1, 0.15) is 27.7 Å². The Kier molecular flexibility index (Phi) is 2.02. The first-order chi connectivity index (χ1) is 7.26. The van der Waals surface area contributed by atoms with E-state index >= 15 is 0 Å². The van der Waals surface area contributed by atoms with Crippen LogP contribution in [0.25, 0.3) is 0 Å². The normalized spacial score (nSPS) is 21.8. The van der Waals surface area contributed by atoms with Crippen molar-refractivity contribution in [2.45, 2.75) is 33.7 Å². The third-order valence-electron chi connectivity index (χ3n) is 4.01. The Bertz CT molecular complexity index is 512. The molecule has 1 fully saturated rings. The molecular weight excluding hydrogens is 208 g/mol. The average Bonchev–Trinajstić information content (AvgIpc) is 2.52. The Hall–Kier alpha value is -1.59. The fraction of sp³-hybridized carbons (Fsp3) is 0.700. The maximum absolute atomic E-state index is 11.4. The number of nitrogens with one attached hydrogen (secondary N) is 3. The number of rotatable bonds is 2. The van der Waals surface area contributed by atoms with Gasteiger partial charge in [0.2, 0.25) is 5.82 Å². The van der Waals surface area contributed by atoms with Gasteiger partial charge in [-0.05, 0) is 10.8 Å². The van der Waals surface area contributed by atoms with Gasteiger partial charge in [0.05, 0.1) is 0 Å². The van der Waals surface area contributed by atoms with E-state index in [1.54, 1.807) is 0 Å². The van der Waals surface area contributed by atoms with Crippen LogP contribution in [0.2, 0.25) is 0 Å². The quantitative estimate of drug-likeness (QED) is 0.674. The van der Waals surface area contributed by atoms with Crippen molar-refractivity contribution in [2.24, 2.45) is 10.8 Å². The number of hydrogen-bond donors (Lipinski definition) is 3. The highest BCUT2D eigenvalue weighted by Gasteiger charge is 2.65. The van der Waals surface area contributed by atoms with Crippen molar-refractivity contribution in [3.63, 3.8) is 0 Å². The SMILES string of the molecule is CC1(C)C(Nc2n[nH]c(=O)[nH]c2=O)C1(C)C. The van der Waals surface area contributed by atoms with E-state index in [1.807, 2.05) is 0 Å². The van der Waals surface area contributed by atoms with Gasteiger partial charge in [0, 0.05) is 6.04 Å². The van der Waals surface area contributed by atoms with Crippen LogP contribution in [0.5, 0.6) is 0 Å². The standard InChI is InChI=1S/C10H16N4O2/c1-9(2)7(10(9,3)4)11-5-6(15)12-8(16)14-13-5/h7H,1-4H3,(H,11,13)(H2,12,14,15,16). The number of nitrogens with zero attached hydrogens (tertiary/aromatic N) is 1. The van der Waals surface area contributed by atoms with Crippen LogP contribution in [0.15, 0.2) is 9.59 Å². The molecule has 1 heterocycles. The topological polar surface area (TPSA) is 90.6 Å². The second-order valence-electron chi connectivity index (χ2n) is 5.38. The van der Waals surface area contributed by atoms with Gasteiger partial charge in [-0.2, -0.15) is 0 Å². The minimum absolute atomic E-state index is 0.108. The van der Waals surface area contributed by atoms with E-state index in [1.165, 1.54) is 0 Å². The first kappa shape index (κ1) is 10.9. The van der Waals surface area contributed by atoms with Crippen LogP contribution >= 0.6 is 0 Å². The summed E-state index contributed by atoms with van der Waals surface area (Å²) in [6.07, 6.45) is 0. The molecule has 6 nitrogen and oxygen atoms in total. The Balaban J connectivity index is 2.25. The molecule has 1 saturated carbocycles. The fourth-order valence-electron chi connectivity index (χ4n) is 2.14. The van der Waals surface area contributed by atoms with Gasteiger partial charge >= 0.3 is 5.69 Å². The summed E-state index contributed by atoms with van der Waals surface area (Å²) in [6, 6.07) is 0.180. The highest BCUT2D eigenvalue weighted by Crippen LogP contribution is 2.63. The van der Waals surface area contributed by atoms with Gasteiger partial charge in [0.15, 0.2) is 0 Å². The molecule has 1 aliphatic rings. The summed E-state index contributed by atoms with van der Waals surface area (Å²) in [6.45, 7) is 8.52. The van der Waals surface area contributed by atoms with E-state index in [-0.39, 0.29) is 22.7 Å². The van der Waals surface area contributed by atoms with Gasteiger partial charge in [-0.25, -0.2) is 9.89 Å². The van der Waals surface area contributed by atoms with Crippen molar-refractivity contribution in [1.82, 2.24) is 15.2 Å².